The molecule has 0 spiro atoms. The number of fused-ring (bicyclic) bond motifs is 3. The minimum absolute atomic E-state index is 0.196. The SMILES string of the molecule is C=CCn1c(=O)c2cnc(Nc3ccc(N(C)CCCCCOc4ccc5c(c4)CN(C4CCC(=O)NC4=O)C5=O)cc3)nc2n1-c1ccc2c(n1)[C@@](O)(CC)CC2. The molecule has 2 atom stereocenters. The molecule has 15 heteroatoms. The van der Waals surface area contributed by atoms with Crippen LogP contribution in [0, 0.1) is 0 Å². The van der Waals surface area contributed by atoms with Crippen molar-refractivity contribution in [2.45, 2.75) is 83.0 Å². The van der Waals surface area contributed by atoms with Crippen LogP contribution < -0.4 is 25.8 Å². The van der Waals surface area contributed by atoms with Gasteiger partial charge in [0.1, 0.15) is 22.8 Å². The van der Waals surface area contributed by atoms with Crippen molar-refractivity contribution in [3.63, 3.8) is 0 Å². The van der Waals surface area contributed by atoms with E-state index in [1.807, 2.05) is 49.4 Å². The number of imide groups is 1. The fraction of sp³-hybridized carbons (Fsp3) is 0.372. The number of pyridine rings is 1. The van der Waals surface area contributed by atoms with E-state index in [0.29, 0.717) is 72.2 Å². The van der Waals surface area contributed by atoms with Crippen LogP contribution in [0.2, 0.25) is 0 Å². The molecular weight excluding hydrogens is 739 g/mol. The molecule has 0 saturated carbocycles. The van der Waals surface area contributed by atoms with Gasteiger partial charge >= 0.3 is 0 Å². The monoisotopic (exact) mass is 785 g/mol. The number of aliphatic hydroxyl groups is 1. The Morgan fingerprint density at radius 2 is 1.86 bits per heavy atom. The van der Waals surface area contributed by atoms with Crippen LogP contribution in [0.3, 0.4) is 0 Å². The number of piperidine rings is 1. The number of rotatable bonds is 15. The number of carbonyl (C=O) groups excluding carboxylic acids is 3. The molecule has 2 aromatic carbocycles. The van der Waals surface area contributed by atoms with Gasteiger partial charge in [-0.05, 0) is 105 Å². The quantitative estimate of drug-likeness (QED) is 0.0748. The lowest BCUT2D eigenvalue weighted by Crippen LogP contribution is -2.52. The van der Waals surface area contributed by atoms with Crippen LogP contribution in [0.4, 0.5) is 17.3 Å². The largest absolute Gasteiger partial charge is 0.494 e. The van der Waals surface area contributed by atoms with Crippen molar-refractivity contribution in [3.05, 3.63) is 106 Å². The van der Waals surface area contributed by atoms with Crippen molar-refractivity contribution < 1.29 is 24.2 Å². The second-order valence-electron chi connectivity index (χ2n) is 15.2. The average molecular weight is 786 g/mol. The zero-order chi connectivity index (χ0) is 40.6. The molecule has 2 aliphatic heterocycles. The van der Waals surface area contributed by atoms with Crippen LogP contribution in [0.25, 0.3) is 16.9 Å². The van der Waals surface area contributed by atoms with E-state index in [1.165, 1.54) is 15.8 Å². The van der Waals surface area contributed by atoms with Gasteiger partial charge in [-0.25, -0.2) is 19.3 Å². The summed E-state index contributed by atoms with van der Waals surface area (Å²) in [5.74, 6) is 0.590. The molecule has 3 amide bonds. The maximum Gasteiger partial charge on any atom is 0.278 e. The molecule has 0 bridgehead atoms. The summed E-state index contributed by atoms with van der Waals surface area (Å²) in [5.41, 5.74) is 4.04. The third-order valence-electron chi connectivity index (χ3n) is 11.5. The molecule has 1 aliphatic carbocycles. The summed E-state index contributed by atoms with van der Waals surface area (Å²) in [7, 11) is 2.06. The van der Waals surface area contributed by atoms with E-state index in [-0.39, 0.29) is 30.3 Å². The lowest BCUT2D eigenvalue weighted by atomic mass is 9.98. The first-order chi connectivity index (χ1) is 28.1. The van der Waals surface area contributed by atoms with Gasteiger partial charge < -0.3 is 25.0 Å². The highest BCUT2D eigenvalue weighted by molar-refractivity contribution is 6.05. The van der Waals surface area contributed by atoms with Crippen molar-refractivity contribution in [1.29, 1.82) is 0 Å². The van der Waals surface area contributed by atoms with Gasteiger partial charge in [-0.3, -0.25) is 24.5 Å². The first-order valence-electron chi connectivity index (χ1n) is 19.9. The van der Waals surface area contributed by atoms with E-state index in [9.17, 15) is 24.3 Å². The number of ether oxygens (including phenoxy) is 1. The Bertz CT molecular complexity index is 2480. The molecule has 8 rings (SSSR count). The Kier molecular flexibility index (Phi) is 10.6. The number of nitrogens with zero attached hydrogens (tertiary/aromatic N) is 7. The molecule has 300 valence electrons. The van der Waals surface area contributed by atoms with Crippen LogP contribution in [-0.4, -0.2) is 78.3 Å². The van der Waals surface area contributed by atoms with Gasteiger partial charge in [-0.15, -0.1) is 6.58 Å². The molecule has 0 radical (unpaired) electrons. The van der Waals surface area contributed by atoms with Crippen molar-refractivity contribution >= 4 is 46.1 Å². The van der Waals surface area contributed by atoms with Crippen LogP contribution >= 0.6 is 0 Å². The molecule has 3 N–H and O–H groups in total. The summed E-state index contributed by atoms with van der Waals surface area (Å²) in [4.78, 5) is 68.2. The number of amides is 3. The summed E-state index contributed by atoms with van der Waals surface area (Å²) in [6.07, 6.45) is 8.45. The Labute approximate surface area is 335 Å². The Morgan fingerprint density at radius 3 is 2.64 bits per heavy atom. The topological polar surface area (TPSA) is 177 Å². The number of hydrogen-bond donors (Lipinski definition) is 3. The van der Waals surface area contributed by atoms with Crippen LogP contribution in [0.15, 0.2) is 78.2 Å². The van der Waals surface area contributed by atoms with Crippen molar-refractivity contribution in [3.8, 4) is 11.6 Å². The third-order valence-corrected chi connectivity index (χ3v) is 11.5. The predicted molar refractivity (Wildman–Crippen MR) is 218 cm³/mol. The van der Waals surface area contributed by atoms with Gasteiger partial charge in [0.25, 0.3) is 11.5 Å². The fourth-order valence-electron chi connectivity index (χ4n) is 8.13. The maximum atomic E-state index is 13.5. The van der Waals surface area contributed by atoms with E-state index in [1.54, 1.807) is 22.9 Å². The number of benzene rings is 2. The normalized spacial score (nSPS) is 18.6. The third kappa shape index (κ3) is 7.33. The Balaban J connectivity index is 0.844. The van der Waals surface area contributed by atoms with E-state index in [4.69, 9.17) is 14.7 Å². The molecule has 3 aromatic heterocycles. The van der Waals surface area contributed by atoms with E-state index >= 15 is 0 Å². The highest BCUT2D eigenvalue weighted by Crippen LogP contribution is 2.38. The van der Waals surface area contributed by atoms with Gasteiger partial charge in [0.15, 0.2) is 11.5 Å². The number of anilines is 3. The van der Waals surface area contributed by atoms with E-state index in [0.717, 1.165) is 54.7 Å². The minimum atomic E-state index is -1.00. The number of hydrogen-bond acceptors (Lipinski definition) is 11. The first-order valence-corrected chi connectivity index (χ1v) is 19.9. The van der Waals surface area contributed by atoms with E-state index < -0.39 is 17.6 Å². The fourth-order valence-corrected chi connectivity index (χ4v) is 8.13. The molecule has 15 nitrogen and oxygen atoms in total. The molecular formula is C43H47N9O6. The van der Waals surface area contributed by atoms with Gasteiger partial charge in [-0.1, -0.05) is 19.1 Å². The molecule has 5 heterocycles. The summed E-state index contributed by atoms with van der Waals surface area (Å²) in [5, 5.41) is 17.2. The van der Waals surface area contributed by atoms with Gasteiger partial charge in [0.2, 0.25) is 17.8 Å². The summed E-state index contributed by atoms with van der Waals surface area (Å²) < 4.78 is 9.23. The van der Waals surface area contributed by atoms with E-state index in [2.05, 4.69) is 34.1 Å². The first kappa shape index (κ1) is 38.5. The summed E-state index contributed by atoms with van der Waals surface area (Å²) in [6, 6.07) is 16.6. The smallest absolute Gasteiger partial charge is 0.278 e. The van der Waals surface area contributed by atoms with Crippen LogP contribution in [0.5, 0.6) is 5.75 Å². The Hall–Kier alpha value is -6.35. The second kappa shape index (κ2) is 15.9. The minimum Gasteiger partial charge on any atom is -0.494 e. The second-order valence-corrected chi connectivity index (χ2v) is 15.2. The molecule has 5 aromatic rings. The summed E-state index contributed by atoms with van der Waals surface area (Å²) >= 11 is 0. The lowest BCUT2D eigenvalue weighted by molar-refractivity contribution is -0.136. The number of nitrogens with one attached hydrogen (secondary N) is 2. The van der Waals surface area contributed by atoms with Gasteiger partial charge in [0, 0.05) is 49.7 Å². The predicted octanol–water partition coefficient (Wildman–Crippen LogP) is 4.90. The average Bonchev–Trinajstić information content (AvgIpc) is 3.83. The lowest BCUT2D eigenvalue weighted by Gasteiger charge is -2.29. The number of aryl methyl sites for hydroxylation is 1. The highest BCUT2D eigenvalue weighted by atomic mass is 16.5. The van der Waals surface area contributed by atoms with Crippen molar-refractivity contribution in [1.82, 2.24) is 34.5 Å². The zero-order valence-electron chi connectivity index (χ0n) is 32.7. The van der Waals surface area contributed by atoms with Crippen LogP contribution in [0.1, 0.15) is 79.0 Å². The zero-order valence-corrected chi connectivity index (χ0v) is 32.7. The molecule has 3 aliphatic rings. The van der Waals surface area contributed by atoms with Gasteiger partial charge in [-0.2, -0.15) is 4.98 Å². The molecule has 1 unspecified atom stereocenters. The molecule has 1 saturated heterocycles. The number of carbonyl (C=O) groups is 3. The number of allylic oxidation sites excluding steroid dienone is 1. The highest BCUT2D eigenvalue weighted by Gasteiger charge is 2.39. The molecule has 58 heavy (non-hydrogen) atoms. The van der Waals surface area contributed by atoms with Gasteiger partial charge in [0.05, 0.1) is 18.8 Å². The van der Waals surface area contributed by atoms with Crippen LogP contribution in [-0.2, 0) is 34.7 Å². The van der Waals surface area contributed by atoms with Crippen molar-refractivity contribution in [2.24, 2.45) is 0 Å². The standard InChI is InChI=1S/C43H47N9O6/c1-4-21-51-41(56)33-25-44-42(48-38(33)52(51)35-17-9-27-19-20-43(57,5-2)37(27)46-35)45-29-10-12-30(13-11-29)49(3)22-7-6-8-23-58-31-14-15-32-28(24-31)26-50(40(32)55)34-16-18-36(53)47-39(34)54/h4,9-15,17,24-25,34,57H,1,5-8,16,18-23,26H2,2-3H3,(H,44,45,48)(H,47,53,54)/t34?,43-/m1/s1. The Morgan fingerprint density at radius 1 is 1.03 bits per heavy atom. The summed E-state index contributed by atoms with van der Waals surface area (Å²) in [6.45, 7) is 7.75. The molecule has 1 fully saturated rings. The number of aromatic nitrogens is 5. The number of unbranched alkanes of at least 4 members (excludes halogenated alkanes) is 2. The maximum absolute atomic E-state index is 13.5. The van der Waals surface area contributed by atoms with Crippen molar-refractivity contribution in [2.75, 3.05) is 30.4 Å².